The van der Waals surface area contributed by atoms with Crippen LogP contribution in [0.15, 0.2) is 49.5 Å². The molecule has 0 aliphatic carbocycles. The number of ether oxygens (including phenoxy) is 1. The zero-order valence-corrected chi connectivity index (χ0v) is 14.4. The number of rotatable bonds is 9. The first kappa shape index (κ1) is 17.0. The highest BCUT2D eigenvalue weighted by molar-refractivity contribution is 5.86. The maximum Gasteiger partial charge on any atom is 0.155 e. The average Bonchev–Trinajstić information content (AvgIpc) is 3.30. The molecule has 0 aliphatic heterocycles. The van der Waals surface area contributed by atoms with Gasteiger partial charge in [-0.25, -0.2) is 4.98 Å². The van der Waals surface area contributed by atoms with Crippen molar-refractivity contribution in [2.45, 2.75) is 32.1 Å². The van der Waals surface area contributed by atoms with Gasteiger partial charge in [0, 0.05) is 16.9 Å². The zero-order chi connectivity index (χ0) is 17.5. The van der Waals surface area contributed by atoms with Crippen molar-refractivity contribution in [2.75, 3.05) is 6.61 Å². The van der Waals surface area contributed by atoms with Crippen LogP contribution in [0.3, 0.4) is 0 Å². The lowest BCUT2D eigenvalue weighted by Gasteiger charge is -2.11. The van der Waals surface area contributed by atoms with E-state index in [0.29, 0.717) is 0 Å². The first-order chi connectivity index (χ1) is 12.3. The lowest BCUT2D eigenvalue weighted by molar-refractivity contribution is 0.248. The minimum atomic E-state index is 0.185. The Hall–Kier alpha value is -2.89. The number of allylic oxidation sites excluding steroid dienone is 2. The topological polar surface area (TPSA) is 79.5 Å². The molecule has 0 saturated carbocycles. The highest BCUT2D eigenvalue weighted by Gasteiger charge is 2.15. The molecule has 0 saturated heterocycles. The molecule has 3 rings (SSSR count). The standard InChI is InChI=1S/C19H23N5O/c1-3-5-6-14(9-11-25-10-4-2)18-16-12-15(19-20-13-21-24-19)7-8-17(16)22-23-18/h3,7-9,11-14H,1,4-6,10H2,2H3,(H,22,23)(H,20,21,24)/b11-9+. The fraction of sp³-hybridized carbons (Fsp3) is 0.316. The number of nitrogens with zero attached hydrogens (tertiary/aromatic N) is 3. The molecule has 0 amide bonds. The van der Waals surface area contributed by atoms with Gasteiger partial charge in [0.15, 0.2) is 5.82 Å². The van der Waals surface area contributed by atoms with E-state index >= 15 is 0 Å². The molecule has 25 heavy (non-hydrogen) atoms. The van der Waals surface area contributed by atoms with Crippen molar-refractivity contribution in [3.63, 3.8) is 0 Å². The van der Waals surface area contributed by atoms with Gasteiger partial charge in [0.2, 0.25) is 0 Å². The first-order valence-corrected chi connectivity index (χ1v) is 8.56. The summed E-state index contributed by atoms with van der Waals surface area (Å²) in [5, 5.41) is 15.6. The third kappa shape index (κ3) is 3.96. The summed E-state index contributed by atoms with van der Waals surface area (Å²) in [6.07, 6.45) is 10.2. The molecule has 2 N–H and O–H groups in total. The van der Waals surface area contributed by atoms with E-state index in [-0.39, 0.29) is 5.92 Å². The van der Waals surface area contributed by atoms with Gasteiger partial charge in [-0.1, -0.05) is 13.0 Å². The van der Waals surface area contributed by atoms with E-state index in [1.165, 1.54) is 6.33 Å². The number of nitrogens with one attached hydrogen (secondary N) is 2. The van der Waals surface area contributed by atoms with Crippen LogP contribution in [0, 0.1) is 0 Å². The Labute approximate surface area is 147 Å². The van der Waals surface area contributed by atoms with Crippen LogP contribution in [0.5, 0.6) is 0 Å². The highest BCUT2D eigenvalue weighted by Crippen LogP contribution is 2.30. The van der Waals surface area contributed by atoms with Crippen LogP contribution in [0.1, 0.15) is 37.8 Å². The van der Waals surface area contributed by atoms with E-state index in [0.717, 1.165) is 53.9 Å². The Morgan fingerprint density at radius 1 is 1.32 bits per heavy atom. The summed E-state index contributed by atoms with van der Waals surface area (Å²) in [7, 11) is 0. The normalized spacial score (nSPS) is 12.7. The van der Waals surface area contributed by atoms with E-state index in [4.69, 9.17) is 4.74 Å². The molecule has 0 spiro atoms. The second-order valence-corrected chi connectivity index (χ2v) is 5.88. The van der Waals surface area contributed by atoms with E-state index in [9.17, 15) is 0 Å². The SMILES string of the molecule is C=CCCC(/C=C/OCCC)c1[nH]nc2ccc(-c3ncn[nH]3)cc12. The van der Waals surface area contributed by atoms with Gasteiger partial charge in [0.1, 0.15) is 6.33 Å². The Morgan fingerprint density at radius 2 is 2.24 bits per heavy atom. The molecule has 2 aromatic heterocycles. The number of hydrogen-bond donors (Lipinski definition) is 2. The minimum Gasteiger partial charge on any atom is -0.502 e. The van der Waals surface area contributed by atoms with Gasteiger partial charge in [0.05, 0.1) is 24.1 Å². The largest absolute Gasteiger partial charge is 0.502 e. The summed E-state index contributed by atoms with van der Waals surface area (Å²) in [4.78, 5) is 4.23. The van der Waals surface area contributed by atoms with Crippen molar-refractivity contribution in [3.8, 4) is 11.4 Å². The summed E-state index contributed by atoms with van der Waals surface area (Å²) < 4.78 is 5.52. The van der Waals surface area contributed by atoms with Crippen LogP contribution in [-0.2, 0) is 4.74 Å². The molecule has 2 heterocycles. The smallest absolute Gasteiger partial charge is 0.155 e. The van der Waals surface area contributed by atoms with Gasteiger partial charge in [0.25, 0.3) is 0 Å². The van der Waals surface area contributed by atoms with Gasteiger partial charge < -0.3 is 4.74 Å². The summed E-state index contributed by atoms with van der Waals surface area (Å²) in [5.74, 6) is 0.934. The molecule has 1 unspecified atom stereocenters. The second kappa shape index (κ2) is 8.28. The lowest BCUT2D eigenvalue weighted by atomic mass is 9.96. The minimum absolute atomic E-state index is 0.185. The van der Waals surface area contributed by atoms with E-state index in [1.807, 2.05) is 18.2 Å². The van der Waals surface area contributed by atoms with E-state index in [2.05, 4.69) is 51.0 Å². The molecule has 130 valence electrons. The quantitative estimate of drug-likeness (QED) is 0.346. The molecule has 1 atom stereocenters. The van der Waals surface area contributed by atoms with Gasteiger partial charge in [-0.05, 0) is 43.5 Å². The Balaban J connectivity index is 1.93. The monoisotopic (exact) mass is 337 g/mol. The fourth-order valence-electron chi connectivity index (χ4n) is 2.77. The molecule has 1 aromatic carbocycles. The molecule has 3 aromatic rings. The molecule has 6 nitrogen and oxygen atoms in total. The first-order valence-electron chi connectivity index (χ1n) is 8.56. The van der Waals surface area contributed by atoms with Crippen LogP contribution >= 0.6 is 0 Å². The predicted octanol–water partition coefficient (Wildman–Crippen LogP) is 4.34. The van der Waals surface area contributed by atoms with Crippen LogP contribution in [0.25, 0.3) is 22.3 Å². The fourth-order valence-corrected chi connectivity index (χ4v) is 2.77. The molecular formula is C19H23N5O. The maximum atomic E-state index is 5.52. The van der Waals surface area contributed by atoms with E-state index < -0.39 is 0 Å². The molecule has 6 heteroatoms. The van der Waals surface area contributed by atoms with Crippen molar-refractivity contribution < 1.29 is 4.74 Å². The summed E-state index contributed by atoms with van der Waals surface area (Å²) in [6, 6.07) is 6.08. The van der Waals surface area contributed by atoms with Crippen LogP contribution in [-0.4, -0.2) is 32.0 Å². The number of hydrogen-bond acceptors (Lipinski definition) is 4. The van der Waals surface area contributed by atoms with Gasteiger partial charge in [-0.3, -0.25) is 10.2 Å². The molecule has 0 radical (unpaired) electrons. The van der Waals surface area contributed by atoms with Gasteiger partial charge in [-0.2, -0.15) is 10.2 Å². The van der Waals surface area contributed by atoms with Crippen molar-refractivity contribution in [2.24, 2.45) is 0 Å². The Bertz CT molecular complexity index is 835. The van der Waals surface area contributed by atoms with Crippen molar-refractivity contribution in [3.05, 3.63) is 55.2 Å². The third-order valence-corrected chi connectivity index (χ3v) is 4.05. The lowest BCUT2D eigenvalue weighted by Crippen LogP contribution is -1.97. The predicted molar refractivity (Wildman–Crippen MR) is 99.0 cm³/mol. The summed E-state index contributed by atoms with van der Waals surface area (Å²) in [5.41, 5.74) is 3.00. The maximum absolute atomic E-state index is 5.52. The second-order valence-electron chi connectivity index (χ2n) is 5.88. The summed E-state index contributed by atoms with van der Waals surface area (Å²) >= 11 is 0. The molecule has 0 aliphatic rings. The number of fused-ring (bicyclic) bond motifs is 1. The Morgan fingerprint density at radius 3 is 3.00 bits per heavy atom. The Kier molecular flexibility index (Phi) is 5.61. The third-order valence-electron chi connectivity index (χ3n) is 4.05. The van der Waals surface area contributed by atoms with E-state index in [1.54, 1.807) is 6.26 Å². The number of aromatic amines is 2. The molecular weight excluding hydrogens is 314 g/mol. The molecule has 0 bridgehead atoms. The number of benzene rings is 1. The number of H-pyrrole nitrogens is 2. The average molecular weight is 337 g/mol. The number of aromatic nitrogens is 5. The summed E-state index contributed by atoms with van der Waals surface area (Å²) in [6.45, 7) is 6.65. The van der Waals surface area contributed by atoms with Gasteiger partial charge >= 0.3 is 0 Å². The highest BCUT2D eigenvalue weighted by atomic mass is 16.5. The van der Waals surface area contributed by atoms with Crippen molar-refractivity contribution >= 4 is 10.9 Å². The van der Waals surface area contributed by atoms with Crippen LogP contribution in [0.2, 0.25) is 0 Å². The zero-order valence-electron chi connectivity index (χ0n) is 14.4. The van der Waals surface area contributed by atoms with Crippen molar-refractivity contribution in [1.82, 2.24) is 25.4 Å². The van der Waals surface area contributed by atoms with Crippen LogP contribution in [0.4, 0.5) is 0 Å². The van der Waals surface area contributed by atoms with Crippen molar-refractivity contribution in [1.29, 1.82) is 0 Å². The molecule has 0 fully saturated rings. The van der Waals surface area contributed by atoms with Gasteiger partial charge in [-0.15, -0.1) is 6.58 Å². The van der Waals surface area contributed by atoms with Crippen LogP contribution < -0.4 is 0 Å².